The van der Waals surface area contributed by atoms with Gasteiger partial charge in [0, 0.05) is 69.1 Å². The number of hydrogen-bond acceptors (Lipinski definition) is 6. The van der Waals surface area contributed by atoms with Gasteiger partial charge in [0.2, 0.25) is 0 Å². The van der Waals surface area contributed by atoms with Gasteiger partial charge in [-0.25, -0.2) is 0 Å². The van der Waals surface area contributed by atoms with E-state index in [2.05, 4.69) is 69.5 Å². The maximum atomic E-state index is 12.2. The molecule has 2 aromatic carbocycles. The van der Waals surface area contributed by atoms with Crippen LogP contribution >= 0.6 is 22.7 Å². The number of rotatable bonds is 8. The summed E-state index contributed by atoms with van der Waals surface area (Å²) < 4.78 is 9.65. The van der Waals surface area contributed by atoms with Crippen molar-refractivity contribution in [2.75, 3.05) is 0 Å². The normalized spacial score (nSPS) is 12.8. The third-order valence-electron chi connectivity index (χ3n) is 10.4. The summed E-state index contributed by atoms with van der Waals surface area (Å²) in [6.07, 6.45) is 8.53. The minimum absolute atomic E-state index is 0. The molecule has 257 valence electrons. The summed E-state index contributed by atoms with van der Waals surface area (Å²) in [5, 5.41) is 17.1. The molecule has 48 heavy (non-hydrogen) atoms. The second-order valence-electron chi connectivity index (χ2n) is 14.3. The molecule has 0 atom stereocenters. The maximum absolute atomic E-state index is 12.2. The number of aryl methyl sites for hydroxylation is 1. The first-order valence-corrected chi connectivity index (χ1v) is 18.5. The second kappa shape index (κ2) is 14.6. The van der Waals surface area contributed by atoms with Crippen molar-refractivity contribution in [2.24, 2.45) is 10.8 Å². The van der Waals surface area contributed by atoms with Crippen molar-refractivity contribution >= 4 is 69.7 Å². The zero-order valence-electron chi connectivity index (χ0n) is 29.9. The van der Waals surface area contributed by atoms with E-state index >= 15 is 0 Å². The fraction of sp³-hybridized carbons (Fsp3) is 0.415. The summed E-state index contributed by atoms with van der Waals surface area (Å²) in [5.41, 5.74) is 4.96. The number of aliphatic hydroxyl groups excluding tert-OH is 1. The van der Waals surface area contributed by atoms with Crippen molar-refractivity contribution in [3.05, 3.63) is 77.2 Å². The Hall–Kier alpha value is -2.83. The number of nitrogens with zero attached hydrogens (tertiary/aromatic N) is 1. The minimum atomic E-state index is -0.337. The Balaban J connectivity index is 0.000000251. The van der Waals surface area contributed by atoms with E-state index in [1.807, 2.05) is 65.3 Å². The predicted octanol–water partition coefficient (Wildman–Crippen LogP) is 13.1. The molecule has 0 fully saturated rings. The Labute approximate surface area is 307 Å². The van der Waals surface area contributed by atoms with E-state index in [1.54, 1.807) is 11.3 Å². The largest absolute Gasteiger partial charge is 0.512 e. The first-order chi connectivity index (χ1) is 22.2. The van der Waals surface area contributed by atoms with Gasteiger partial charge in [-0.05, 0) is 77.3 Å². The Bertz CT molecular complexity index is 2100. The number of benzene rings is 2. The Kier molecular flexibility index (Phi) is 11.5. The average molecular weight is 859 g/mol. The smallest absolute Gasteiger partial charge is 0.164 e. The number of thiophene rings is 2. The topological polar surface area (TPSA) is 63.3 Å². The fourth-order valence-corrected chi connectivity index (χ4v) is 8.25. The molecule has 6 rings (SSSR count). The first kappa shape index (κ1) is 38.0. The quantitative estimate of drug-likeness (QED) is 0.0941. The van der Waals surface area contributed by atoms with Gasteiger partial charge in [-0.15, -0.1) is 34.9 Å². The number of allylic oxidation sites excluding steroid dienone is 2. The molecule has 4 nitrogen and oxygen atoms in total. The molecule has 1 N–H and O–H groups in total. The van der Waals surface area contributed by atoms with Crippen molar-refractivity contribution in [2.45, 2.75) is 100 Å². The molecular formula is C41H48IrNO3S2-. The van der Waals surface area contributed by atoms with Crippen LogP contribution < -0.4 is 0 Å². The van der Waals surface area contributed by atoms with Crippen LogP contribution in [0.1, 0.15) is 99.1 Å². The number of aromatic nitrogens is 1. The molecule has 0 aliphatic rings. The van der Waals surface area contributed by atoms with Crippen molar-refractivity contribution in [3.63, 3.8) is 0 Å². The van der Waals surface area contributed by atoms with Gasteiger partial charge in [-0.2, -0.15) is 11.3 Å². The van der Waals surface area contributed by atoms with E-state index in [-0.39, 0.29) is 47.9 Å². The zero-order valence-corrected chi connectivity index (χ0v) is 33.9. The van der Waals surface area contributed by atoms with E-state index in [1.165, 1.54) is 47.3 Å². The van der Waals surface area contributed by atoms with E-state index in [9.17, 15) is 9.90 Å². The second-order valence-corrected chi connectivity index (χ2v) is 16.3. The summed E-state index contributed by atoms with van der Waals surface area (Å²) in [7, 11) is 0. The molecule has 0 aliphatic heterocycles. The van der Waals surface area contributed by atoms with Gasteiger partial charge >= 0.3 is 0 Å². The molecular weight excluding hydrogens is 811 g/mol. The number of aliphatic hydroxyl groups is 1. The van der Waals surface area contributed by atoms with Crippen LogP contribution in [-0.2, 0) is 30.3 Å². The molecule has 0 saturated heterocycles. The predicted molar refractivity (Wildman–Crippen MR) is 203 cm³/mol. The van der Waals surface area contributed by atoms with Crippen molar-refractivity contribution in [3.8, 4) is 11.3 Å². The van der Waals surface area contributed by atoms with Crippen LogP contribution in [0.4, 0.5) is 0 Å². The SMILES string of the molecule is CCC(C)(CC)C(=O)/C=C(\O)C(C)(CC)CC.Cc1coc2ccc3sc4ccnc(-c5[c-]c6ccsc6c(C(C)(C)C)c5)c4c3c12.[Ir]. The summed E-state index contributed by atoms with van der Waals surface area (Å²) in [4.78, 5) is 17.1. The molecule has 6 aromatic rings. The molecule has 1 radical (unpaired) electrons. The molecule has 4 aromatic heterocycles. The summed E-state index contributed by atoms with van der Waals surface area (Å²) in [5.74, 6) is 0.286. The van der Waals surface area contributed by atoms with Crippen molar-refractivity contribution in [1.29, 1.82) is 0 Å². The molecule has 4 heterocycles. The Morgan fingerprint density at radius 2 is 1.56 bits per heavy atom. The fourth-order valence-electron chi connectivity index (χ4n) is 6.07. The summed E-state index contributed by atoms with van der Waals surface area (Å²) >= 11 is 3.61. The van der Waals surface area contributed by atoms with Gasteiger partial charge in [0.1, 0.15) is 11.3 Å². The third kappa shape index (κ3) is 6.94. The maximum Gasteiger partial charge on any atom is 0.164 e. The average Bonchev–Trinajstić information content (AvgIpc) is 3.79. The van der Waals surface area contributed by atoms with Crippen LogP contribution in [0.5, 0.6) is 0 Å². The number of fused-ring (bicyclic) bond motifs is 6. The number of pyridine rings is 1. The third-order valence-corrected chi connectivity index (χ3v) is 12.5. The first-order valence-electron chi connectivity index (χ1n) is 16.8. The number of carbonyl (C=O) groups excluding carboxylic acids is 1. The molecule has 7 heteroatoms. The van der Waals surface area contributed by atoms with E-state index in [0.717, 1.165) is 48.1 Å². The standard InChI is InChI=1S/C26H20NOS2.C15H28O2.Ir/c1-14-13-28-18-5-6-19-22(21(14)18)23-20(30-19)7-9-27-24(23)16-11-15-8-10-29-25(15)17(12-16)26(2,3)4;1-7-14(5,8-2)12(16)11-13(17)15(6,9-3)10-4;/h5-10,12-13H,1-4H3;11,16H,7-10H2,1-6H3;/q-1;;/b;12-11-;. The van der Waals surface area contributed by atoms with E-state index in [4.69, 9.17) is 9.40 Å². The van der Waals surface area contributed by atoms with Gasteiger partial charge in [-0.1, -0.05) is 73.4 Å². The monoisotopic (exact) mass is 859 g/mol. The van der Waals surface area contributed by atoms with Crippen LogP contribution in [0, 0.1) is 23.8 Å². The molecule has 0 unspecified atom stereocenters. The van der Waals surface area contributed by atoms with Gasteiger partial charge in [0.15, 0.2) is 5.78 Å². The Morgan fingerprint density at radius 3 is 2.19 bits per heavy atom. The molecule has 0 saturated carbocycles. The summed E-state index contributed by atoms with van der Waals surface area (Å²) in [6.45, 7) is 21.0. The van der Waals surface area contributed by atoms with E-state index < -0.39 is 0 Å². The van der Waals surface area contributed by atoms with Crippen LogP contribution in [-0.4, -0.2) is 15.9 Å². The van der Waals surface area contributed by atoms with Gasteiger partial charge < -0.3 is 9.52 Å². The van der Waals surface area contributed by atoms with Gasteiger partial charge in [0.25, 0.3) is 0 Å². The van der Waals surface area contributed by atoms with Crippen molar-refractivity contribution in [1.82, 2.24) is 4.98 Å². The minimum Gasteiger partial charge on any atom is -0.512 e. The van der Waals surface area contributed by atoms with Crippen LogP contribution in [0.25, 0.3) is 52.5 Å². The van der Waals surface area contributed by atoms with Crippen LogP contribution in [0.2, 0.25) is 0 Å². The Morgan fingerprint density at radius 1 is 0.917 bits per heavy atom. The number of furan rings is 1. The molecule has 0 aliphatic carbocycles. The van der Waals surface area contributed by atoms with Gasteiger partial charge in [-0.3, -0.25) is 9.78 Å². The van der Waals surface area contributed by atoms with Gasteiger partial charge in [0.05, 0.1) is 6.26 Å². The van der Waals surface area contributed by atoms with E-state index in [0.29, 0.717) is 0 Å². The number of ketones is 1. The van der Waals surface area contributed by atoms with Crippen molar-refractivity contribution < 1.29 is 34.4 Å². The zero-order chi connectivity index (χ0) is 34.3. The number of hydrogen-bond donors (Lipinski definition) is 1. The summed E-state index contributed by atoms with van der Waals surface area (Å²) in [6, 6.07) is 14.5. The molecule has 0 amide bonds. The number of carbonyl (C=O) groups is 1. The molecule has 0 spiro atoms. The van der Waals surface area contributed by atoms with Crippen LogP contribution in [0.3, 0.4) is 0 Å². The molecule has 0 bridgehead atoms. The van der Waals surface area contributed by atoms with Crippen LogP contribution in [0.15, 0.2) is 64.4 Å².